The highest BCUT2D eigenvalue weighted by molar-refractivity contribution is 6.08. The van der Waals surface area contributed by atoms with Gasteiger partial charge < -0.3 is 19.9 Å². The normalized spacial score (nSPS) is 25.9. The number of rotatable bonds is 3. The predicted octanol–water partition coefficient (Wildman–Crippen LogP) is 4.10. The molecule has 1 spiro atoms. The van der Waals surface area contributed by atoms with Gasteiger partial charge in [0.25, 0.3) is 0 Å². The summed E-state index contributed by atoms with van der Waals surface area (Å²) in [6.07, 6.45) is 7.87. The van der Waals surface area contributed by atoms with Crippen LogP contribution in [0.15, 0.2) is 36.5 Å². The number of para-hydroxylation sites is 1. The number of hydrogen-bond acceptors (Lipinski definition) is 5. The zero-order valence-electron chi connectivity index (χ0n) is 20.7. The highest BCUT2D eigenvalue weighted by Gasteiger charge is 2.62. The lowest BCUT2D eigenvalue weighted by Crippen LogP contribution is -2.31. The van der Waals surface area contributed by atoms with E-state index in [1.807, 2.05) is 29.3 Å². The van der Waals surface area contributed by atoms with Gasteiger partial charge in [-0.15, -0.1) is 0 Å². The van der Waals surface area contributed by atoms with Gasteiger partial charge in [0, 0.05) is 44.1 Å². The van der Waals surface area contributed by atoms with Crippen molar-refractivity contribution in [2.45, 2.75) is 56.3 Å². The predicted molar refractivity (Wildman–Crippen MR) is 137 cm³/mol. The van der Waals surface area contributed by atoms with Gasteiger partial charge in [-0.1, -0.05) is 25.1 Å². The Morgan fingerprint density at radius 1 is 1.08 bits per heavy atom. The second-order valence-corrected chi connectivity index (χ2v) is 10.6. The third kappa shape index (κ3) is 3.97. The van der Waals surface area contributed by atoms with Crippen LogP contribution in [0.25, 0.3) is 11.2 Å². The molecule has 1 aromatic carbocycles. The molecule has 8 nitrogen and oxygen atoms in total. The van der Waals surface area contributed by atoms with Crippen LogP contribution in [0.1, 0.15) is 67.8 Å². The molecule has 188 valence electrons. The monoisotopic (exact) mass is 487 g/mol. The first-order chi connectivity index (χ1) is 17.6. The van der Waals surface area contributed by atoms with Crippen LogP contribution in [0.5, 0.6) is 0 Å². The van der Waals surface area contributed by atoms with Crippen molar-refractivity contribution < 1.29 is 14.3 Å². The Morgan fingerprint density at radius 3 is 2.56 bits per heavy atom. The molecule has 0 radical (unpaired) electrons. The Kier molecular flexibility index (Phi) is 5.99. The van der Waals surface area contributed by atoms with Crippen molar-refractivity contribution in [3.63, 3.8) is 0 Å². The van der Waals surface area contributed by atoms with Crippen molar-refractivity contribution in [3.05, 3.63) is 53.5 Å². The lowest BCUT2D eigenvalue weighted by atomic mass is 9.89. The fourth-order valence-corrected chi connectivity index (χ4v) is 6.22. The summed E-state index contributed by atoms with van der Waals surface area (Å²) in [6, 6.07) is 10.1. The van der Waals surface area contributed by atoms with E-state index in [0.29, 0.717) is 17.8 Å². The van der Waals surface area contributed by atoms with Crippen LogP contribution in [-0.4, -0.2) is 58.5 Å². The molecule has 1 aliphatic carbocycles. The lowest BCUT2D eigenvalue weighted by molar-refractivity contribution is -0.119. The molecule has 5 heterocycles. The summed E-state index contributed by atoms with van der Waals surface area (Å²) in [5.74, 6) is 2.67. The van der Waals surface area contributed by atoms with E-state index in [-0.39, 0.29) is 11.3 Å². The summed E-state index contributed by atoms with van der Waals surface area (Å²) in [6.45, 7) is 5.43. The van der Waals surface area contributed by atoms with Gasteiger partial charge in [-0.25, -0.2) is 9.97 Å². The maximum absolute atomic E-state index is 11.7. The molecule has 36 heavy (non-hydrogen) atoms. The number of piperidine rings is 1. The number of aromatic nitrogens is 3. The third-order valence-electron chi connectivity index (χ3n) is 8.54. The molecule has 0 bridgehead atoms. The smallest absolute Gasteiger partial charge is 0.235 e. The van der Waals surface area contributed by atoms with Crippen LogP contribution in [0, 0.1) is 5.92 Å². The average molecular weight is 488 g/mol. The highest BCUT2D eigenvalue weighted by atomic mass is 16.5. The van der Waals surface area contributed by atoms with Crippen molar-refractivity contribution in [1.29, 1.82) is 0 Å². The maximum atomic E-state index is 11.7. The molecule has 2 atom stereocenters. The summed E-state index contributed by atoms with van der Waals surface area (Å²) in [7, 11) is 0. The number of carbonyl (C=O) groups excluding carboxylic acids is 2. The van der Waals surface area contributed by atoms with E-state index >= 15 is 0 Å². The zero-order chi connectivity index (χ0) is 24.7. The number of fused-ring (bicyclic) bond motifs is 3. The van der Waals surface area contributed by atoms with E-state index < -0.39 is 0 Å². The first kappa shape index (κ1) is 23.2. The molecule has 7 rings (SSSR count). The highest BCUT2D eigenvalue weighted by Crippen LogP contribution is 2.59. The Hall–Kier alpha value is -3.26. The lowest BCUT2D eigenvalue weighted by Gasteiger charge is -2.29. The summed E-state index contributed by atoms with van der Waals surface area (Å²) in [5, 5.41) is 2.94. The average Bonchev–Trinajstić information content (AvgIpc) is 3.28. The quantitative estimate of drug-likeness (QED) is 0.542. The maximum Gasteiger partial charge on any atom is 0.235 e. The Labute approximate surface area is 210 Å². The topological polar surface area (TPSA) is 100 Å². The Balaban J connectivity index is 0.000000155. The largest absolute Gasteiger partial charge is 0.381 e. The number of nitrogens with one attached hydrogen (secondary N) is 2. The zero-order valence-corrected chi connectivity index (χ0v) is 20.7. The minimum Gasteiger partial charge on any atom is -0.381 e. The van der Waals surface area contributed by atoms with E-state index in [2.05, 4.69) is 34.3 Å². The van der Waals surface area contributed by atoms with Gasteiger partial charge in [-0.3, -0.25) is 9.59 Å². The number of hydrogen-bond donors (Lipinski definition) is 2. The molecule has 2 aromatic heterocycles. The number of likely N-dealkylation sites (tertiary alicyclic amines) is 1. The van der Waals surface area contributed by atoms with E-state index in [4.69, 9.17) is 9.72 Å². The second-order valence-electron chi connectivity index (χ2n) is 10.6. The van der Waals surface area contributed by atoms with Crippen LogP contribution in [-0.2, 0) is 19.7 Å². The molecule has 2 unspecified atom stereocenters. The van der Waals surface area contributed by atoms with E-state index in [0.717, 1.165) is 87.5 Å². The standard InChI is InChI=1S/C17H22N4O2.C11H11NO/c22-11-21-7-2-12(3-8-21)14-1-6-18-17-15(14)19-16(20-17)13-4-9-23-10-5-13;1-7-6-11(7)8-4-2-3-5-9(8)12-10(11)13/h1,6,11-13H,2-5,7-10H2,(H,18,19,20);2-5,7H,6H2,1H3,(H,12,13). The molecular formula is C28H33N5O3. The number of imidazole rings is 1. The van der Waals surface area contributed by atoms with Crippen LogP contribution in [0.2, 0.25) is 0 Å². The molecule has 1 saturated carbocycles. The number of ether oxygens (including phenoxy) is 1. The minimum atomic E-state index is -0.156. The number of anilines is 1. The van der Waals surface area contributed by atoms with Gasteiger partial charge in [-0.2, -0.15) is 0 Å². The number of benzene rings is 1. The summed E-state index contributed by atoms with van der Waals surface area (Å²) in [5.41, 5.74) is 5.26. The minimum absolute atomic E-state index is 0.156. The third-order valence-corrected chi connectivity index (χ3v) is 8.54. The van der Waals surface area contributed by atoms with E-state index in [1.54, 1.807) is 0 Å². The summed E-state index contributed by atoms with van der Waals surface area (Å²) < 4.78 is 5.44. The number of aromatic amines is 1. The summed E-state index contributed by atoms with van der Waals surface area (Å²) in [4.78, 5) is 37.2. The molecule has 8 heteroatoms. The van der Waals surface area contributed by atoms with Crippen molar-refractivity contribution >= 4 is 29.2 Å². The molecule has 2 amide bonds. The fraction of sp³-hybridized carbons (Fsp3) is 0.500. The van der Waals surface area contributed by atoms with Gasteiger partial charge in [-0.05, 0) is 67.2 Å². The SMILES string of the molecule is CC1CC12C(=O)Nc1ccccc12.O=CN1CCC(c2ccnc3nc(C4CCOCC4)[nH]c23)CC1. The van der Waals surface area contributed by atoms with Crippen molar-refractivity contribution in [3.8, 4) is 0 Å². The molecule has 3 aromatic rings. The van der Waals surface area contributed by atoms with Crippen LogP contribution in [0.3, 0.4) is 0 Å². The van der Waals surface area contributed by atoms with E-state index in [9.17, 15) is 9.59 Å². The van der Waals surface area contributed by atoms with Crippen LogP contribution >= 0.6 is 0 Å². The molecule has 2 saturated heterocycles. The van der Waals surface area contributed by atoms with Gasteiger partial charge in [0.1, 0.15) is 5.82 Å². The number of carbonyl (C=O) groups is 2. The Morgan fingerprint density at radius 2 is 1.83 bits per heavy atom. The van der Waals surface area contributed by atoms with Crippen molar-refractivity contribution in [1.82, 2.24) is 19.9 Å². The van der Waals surface area contributed by atoms with Crippen LogP contribution in [0.4, 0.5) is 5.69 Å². The number of pyridine rings is 1. The van der Waals surface area contributed by atoms with E-state index in [1.165, 1.54) is 11.1 Å². The van der Waals surface area contributed by atoms with Gasteiger partial charge >= 0.3 is 0 Å². The number of H-pyrrole nitrogens is 1. The first-order valence-electron chi connectivity index (χ1n) is 13.1. The molecule has 3 fully saturated rings. The Bertz CT molecular complexity index is 1280. The molecular weight excluding hydrogens is 454 g/mol. The van der Waals surface area contributed by atoms with Crippen LogP contribution < -0.4 is 5.32 Å². The van der Waals surface area contributed by atoms with Crippen molar-refractivity contribution in [2.24, 2.45) is 5.92 Å². The van der Waals surface area contributed by atoms with Gasteiger partial charge in [0.05, 0.1) is 10.9 Å². The molecule has 3 aliphatic heterocycles. The molecule has 2 N–H and O–H groups in total. The first-order valence-corrected chi connectivity index (χ1v) is 13.1. The second kappa shape index (κ2) is 9.32. The number of amides is 2. The van der Waals surface area contributed by atoms with Crippen molar-refractivity contribution in [2.75, 3.05) is 31.6 Å². The number of nitrogens with zero attached hydrogens (tertiary/aromatic N) is 3. The fourth-order valence-electron chi connectivity index (χ4n) is 6.22. The van der Waals surface area contributed by atoms with Gasteiger partial charge in [0.15, 0.2) is 5.65 Å². The van der Waals surface area contributed by atoms with Gasteiger partial charge in [0.2, 0.25) is 12.3 Å². The summed E-state index contributed by atoms with van der Waals surface area (Å²) >= 11 is 0. The molecule has 4 aliphatic rings.